The molecule has 0 saturated carbocycles. The molecule has 3 aromatic rings. The van der Waals surface area contributed by atoms with Crippen molar-refractivity contribution in [1.29, 1.82) is 0 Å². The maximum Gasteiger partial charge on any atom is 0.142 e. The molecule has 1 saturated heterocycles. The first-order chi connectivity index (χ1) is 12.6. The van der Waals surface area contributed by atoms with Crippen LogP contribution >= 0.6 is 0 Å². The zero-order chi connectivity index (χ0) is 18.1. The number of fused-ring (bicyclic) bond motifs is 1. The summed E-state index contributed by atoms with van der Waals surface area (Å²) in [6.45, 7) is 4.36. The van der Waals surface area contributed by atoms with Crippen LogP contribution in [0.4, 0.5) is 4.39 Å². The van der Waals surface area contributed by atoms with Gasteiger partial charge in [-0.2, -0.15) is 0 Å². The summed E-state index contributed by atoms with van der Waals surface area (Å²) >= 11 is 0. The second-order valence-corrected chi connectivity index (χ2v) is 7.26. The summed E-state index contributed by atoms with van der Waals surface area (Å²) in [5.41, 5.74) is 0.851. The molecule has 26 heavy (non-hydrogen) atoms. The lowest BCUT2D eigenvalue weighted by molar-refractivity contribution is -0.0826. The average molecular weight is 353 g/mol. The van der Waals surface area contributed by atoms with Crippen LogP contribution in [0.1, 0.15) is 30.9 Å². The number of furan rings is 1. The lowest BCUT2D eigenvalue weighted by Gasteiger charge is -2.44. The van der Waals surface area contributed by atoms with Crippen molar-refractivity contribution >= 4 is 11.0 Å². The highest BCUT2D eigenvalue weighted by molar-refractivity contribution is 5.81. The number of nitrogens with zero attached hydrogens (tertiary/aromatic N) is 1. The molecule has 1 N–H and O–H groups in total. The van der Waals surface area contributed by atoms with E-state index in [1.807, 2.05) is 24.3 Å². The van der Waals surface area contributed by atoms with Crippen molar-refractivity contribution < 1.29 is 13.9 Å². The summed E-state index contributed by atoms with van der Waals surface area (Å²) < 4.78 is 20.3. The fourth-order valence-corrected chi connectivity index (χ4v) is 4.28. The highest BCUT2D eigenvalue weighted by Crippen LogP contribution is 2.43. The number of hydrogen-bond donors (Lipinski definition) is 1. The van der Waals surface area contributed by atoms with Crippen LogP contribution in [-0.4, -0.2) is 23.1 Å². The Morgan fingerprint density at radius 3 is 2.77 bits per heavy atom. The fourth-order valence-electron chi connectivity index (χ4n) is 4.28. The van der Waals surface area contributed by atoms with Gasteiger partial charge in [0.15, 0.2) is 0 Å². The largest absolute Gasteiger partial charge is 0.464 e. The molecule has 0 bridgehead atoms. The van der Waals surface area contributed by atoms with E-state index in [1.54, 1.807) is 12.3 Å². The van der Waals surface area contributed by atoms with Crippen LogP contribution in [0, 0.1) is 11.7 Å². The Labute approximate surface area is 153 Å². The lowest BCUT2D eigenvalue weighted by Crippen LogP contribution is -2.50. The fraction of sp³-hybridized carbons (Fsp3) is 0.364. The number of benzene rings is 2. The Hall–Kier alpha value is -2.17. The molecule has 3 nitrogen and oxygen atoms in total. The molecule has 0 radical (unpaired) electrons. The van der Waals surface area contributed by atoms with Crippen LogP contribution in [0.15, 0.2) is 59.2 Å². The monoisotopic (exact) mass is 353 g/mol. The first-order valence-electron chi connectivity index (χ1n) is 9.26. The van der Waals surface area contributed by atoms with Gasteiger partial charge in [0.2, 0.25) is 0 Å². The van der Waals surface area contributed by atoms with E-state index in [4.69, 9.17) is 4.42 Å². The minimum absolute atomic E-state index is 0.0508. The molecule has 136 valence electrons. The van der Waals surface area contributed by atoms with Crippen molar-refractivity contribution in [2.45, 2.75) is 31.9 Å². The molecule has 4 heteroatoms. The van der Waals surface area contributed by atoms with Gasteiger partial charge in [-0.15, -0.1) is 0 Å². The average Bonchev–Trinajstić information content (AvgIpc) is 3.12. The molecule has 0 amide bonds. The summed E-state index contributed by atoms with van der Waals surface area (Å²) in [7, 11) is 0. The molecular weight excluding hydrogens is 329 g/mol. The molecule has 4 rings (SSSR count). The Balaban J connectivity index is 1.64. The van der Waals surface area contributed by atoms with E-state index in [1.165, 1.54) is 11.6 Å². The normalized spacial score (nSPS) is 24.2. The smallest absolute Gasteiger partial charge is 0.142 e. The summed E-state index contributed by atoms with van der Waals surface area (Å²) in [5.74, 6) is -0.435. The van der Waals surface area contributed by atoms with Crippen LogP contribution in [-0.2, 0) is 12.1 Å². The van der Waals surface area contributed by atoms with Gasteiger partial charge in [0.05, 0.1) is 11.8 Å². The SMILES string of the molecule is CCC1CN(Cc2ccccc2)CCC1(O)c1c(F)ccc2ccoc12. The van der Waals surface area contributed by atoms with Crippen molar-refractivity contribution in [2.24, 2.45) is 5.92 Å². The van der Waals surface area contributed by atoms with Gasteiger partial charge in [-0.05, 0) is 36.6 Å². The summed E-state index contributed by atoms with van der Waals surface area (Å²) in [6.07, 6.45) is 2.83. The molecule has 2 heterocycles. The Bertz CT molecular complexity index is 892. The summed E-state index contributed by atoms with van der Waals surface area (Å²) in [4.78, 5) is 2.35. The molecule has 1 aliphatic rings. The number of piperidine rings is 1. The maximum absolute atomic E-state index is 14.7. The quantitative estimate of drug-likeness (QED) is 0.739. The first kappa shape index (κ1) is 17.3. The predicted octanol–water partition coefficient (Wildman–Crippen LogP) is 4.69. The van der Waals surface area contributed by atoms with Gasteiger partial charge in [0, 0.05) is 30.9 Å². The van der Waals surface area contributed by atoms with E-state index >= 15 is 0 Å². The molecule has 1 fully saturated rings. The highest BCUT2D eigenvalue weighted by atomic mass is 19.1. The zero-order valence-corrected chi connectivity index (χ0v) is 15.0. The van der Waals surface area contributed by atoms with Crippen LogP contribution in [0.25, 0.3) is 11.0 Å². The van der Waals surface area contributed by atoms with Crippen molar-refractivity contribution in [3.05, 3.63) is 71.7 Å². The van der Waals surface area contributed by atoms with Crippen molar-refractivity contribution in [3.8, 4) is 0 Å². The van der Waals surface area contributed by atoms with E-state index in [9.17, 15) is 9.50 Å². The number of rotatable bonds is 4. The topological polar surface area (TPSA) is 36.6 Å². The van der Waals surface area contributed by atoms with Gasteiger partial charge < -0.3 is 9.52 Å². The Morgan fingerprint density at radius 1 is 1.19 bits per heavy atom. The third kappa shape index (κ3) is 2.93. The van der Waals surface area contributed by atoms with Crippen molar-refractivity contribution in [2.75, 3.05) is 13.1 Å². The third-order valence-corrected chi connectivity index (χ3v) is 5.71. The lowest BCUT2D eigenvalue weighted by atomic mass is 9.74. The molecule has 2 unspecified atom stereocenters. The van der Waals surface area contributed by atoms with E-state index in [0.717, 1.165) is 31.4 Å². The molecule has 2 aromatic carbocycles. The standard InChI is InChI=1S/C22H24FNO2/c1-2-18-15-24(14-16-6-4-3-5-7-16)12-11-22(18,25)20-19(23)9-8-17-10-13-26-21(17)20/h3-10,13,18,25H,2,11-12,14-15H2,1H3. The Kier molecular flexibility index (Phi) is 4.55. The number of aliphatic hydroxyl groups is 1. The van der Waals surface area contributed by atoms with Gasteiger partial charge >= 0.3 is 0 Å². The number of hydrogen-bond acceptors (Lipinski definition) is 3. The molecule has 1 aliphatic heterocycles. The third-order valence-electron chi connectivity index (χ3n) is 5.71. The van der Waals surface area contributed by atoms with E-state index in [-0.39, 0.29) is 11.7 Å². The van der Waals surface area contributed by atoms with Crippen LogP contribution in [0.5, 0.6) is 0 Å². The minimum Gasteiger partial charge on any atom is -0.464 e. The first-order valence-corrected chi connectivity index (χ1v) is 9.26. The predicted molar refractivity (Wildman–Crippen MR) is 100 cm³/mol. The Morgan fingerprint density at radius 2 is 2.00 bits per heavy atom. The van der Waals surface area contributed by atoms with E-state index in [2.05, 4.69) is 24.0 Å². The van der Waals surface area contributed by atoms with Crippen LogP contribution in [0.2, 0.25) is 0 Å². The minimum atomic E-state index is -1.20. The van der Waals surface area contributed by atoms with Crippen LogP contribution < -0.4 is 0 Å². The van der Waals surface area contributed by atoms with E-state index in [0.29, 0.717) is 17.6 Å². The highest BCUT2D eigenvalue weighted by Gasteiger charge is 2.45. The zero-order valence-electron chi connectivity index (χ0n) is 15.0. The molecule has 2 atom stereocenters. The van der Waals surface area contributed by atoms with Crippen molar-refractivity contribution in [3.63, 3.8) is 0 Å². The second-order valence-electron chi connectivity index (χ2n) is 7.26. The summed E-state index contributed by atoms with van der Waals surface area (Å²) in [6, 6.07) is 15.3. The van der Waals surface area contributed by atoms with Gasteiger partial charge in [-0.1, -0.05) is 37.3 Å². The molecule has 0 spiro atoms. The van der Waals surface area contributed by atoms with E-state index < -0.39 is 5.60 Å². The van der Waals surface area contributed by atoms with Gasteiger partial charge in [-0.25, -0.2) is 4.39 Å². The van der Waals surface area contributed by atoms with Crippen LogP contribution in [0.3, 0.4) is 0 Å². The van der Waals surface area contributed by atoms with Crippen molar-refractivity contribution in [1.82, 2.24) is 4.90 Å². The second kappa shape index (κ2) is 6.86. The number of likely N-dealkylation sites (tertiary alicyclic amines) is 1. The summed E-state index contributed by atoms with van der Waals surface area (Å²) in [5, 5.41) is 12.4. The van der Waals surface area contributed by atoms with Gasteiger partial charge in [0.1, 0.15) is 17.0 Å². The molecule has 1 aromatic heterocycles. The van der Waals surface area contributed by atoms with Gasteiger partial charge in [0.25, 0.3) is 0 Å². The van der Waals surface area contributed by atoms with Gasteiger partial charge in [-0.3, -0.25) is 4.90 Å². The molecular formula is C22H24FNO2. The number of halogens is 1. The molecule has 0 aliphatic carbocycles. The maximum atomic E-state index is 14.7.